The summed E-state index contributed by atoms with van der Waals surface area (Å²) < 4.78 is 12.9. The van der Waals surface area contributed by atoms with E-state index in [0.717, 1.165) is 49.2 Å². The lowest BCUT2D eigenvalue weighted by molar-refractivity contribution is -0.317. The molecule has 0 bridgehead atoms. The molecule has 9 atom stereocenters. The predicted molar refractivity (Wildman–Crippen MR) is 139 cm³/mol. The van der Waals surface area contributed by atoms with E-state index < -0.39 is 0 Å². The van der Waals surface area contributed by atoms with Gasteiger partial charge in [-0.3, -0.25) is 0 Å². The SMILES string of the molecule is CC(C)C1CCC2(C)CCC3(C)C(CCC4C5(C)CCC6(OCCO6)C(C)(C)C5CCC43C)C12. The molecule has 2 nitrogen and oxygen atoms in total. The van der Waals surface area contributed by atoms with Crippen molar-refractivity contribution < 1.29 is 9.47 Å². The van der Waals surface area contributed by atoms with Crippen LogP contribution >= 0.6 is 0 Å². The van der Waals surface area contributed by atoms with Gasteiger partial charge in [0.2, 0.25) is 0 Å². The van der Waals surface area contributed by atoms with Crippen LogP contribution in [0.1, 0.15) is 120 Å². The van der Waals surface area contributed by atoms with Crippen LogP contribution in [0.5, 0.6) is 0 Å². The molecule has 1 saturated heterocycles. The summed E-state index contributed by atoms with van der Waals surface area (Å²) in [6.07, 6.45) is 14.0. The molecule has 6 aliphatic rings. The Balaban J connectivity index is 1.37. The van der Waals surface area contributed by atoms with Crippen LogP contribution < -0.4 is 0 Å². The van der Waals surface area contributed by atoms with Crippen molar-refractivity contribution in [2.75, 3.05) is 13.2 Å². The highest BCUT2D eigenvalue weighted by Crippen LogP contribution is 2.78. The summed E-state index contributed by atoms with van der Waals surface area (Å²) in [5.74, 6) is 4.91. The summed E-state index contributed by atoms with van der Waals surface area (Å²) in [4.78, 5) is 0. The summed E-state index contributed by atoms with van der Waals surface area (Å²) in [5.41, 5.74) is 2.10. The fourth-order valence-corrected chi connectivity index (χ4v) is 12.6. The van der Waals surface area contributed by atoms with Gasteiger partial charge in [-0.2, -0.15) is 0 Å². The molecule has 0 N–H and O–H groups in total. The first-order chi connectivity index (χ1) is 15.8. The summed E-state index contributed by atoms with van der Waals surface area (Å²) in [6.45, 7) is 22.6. The Bertz CT molecular complexity index is 825. The molecule has 0 aromatic rings. The summed E-state index contributed by atoms with van der Waals surface area (Å²) in [6, 6.07) is 0. The third-order valence-corrected chi connectivity index (χ3v) is 14.6. The van der Waals surface area contributed by atoms with Crippen LogP contribution in [0.3, 0.4) is 0 Å². The Morgan fingerprint density at radius 3 is 2.03 bits per heavy atom. The van der Waals surface area contributed by atoms with Gasteiger partial charge in [0.1, 0.15) is 0 Å². The molecule has 1 aliphatic heterocycles. The first-order valence-corrected chi connectivity index (χ1v) is 15.1. The number of hydrogen-bond donors (Lipinski definition) is 0. The van der Waals surface area contributed by atoms with Gasteiger partial charge >= 0.3 is 0 Å². The van der Waals surface area contributed by atoms with Crippen LogP contribution in [0.25, 0.3) is 0 Å². The van der Waals surface area contributed by atoms with Gasteiger partial charge < -0.3 is 9.47 Å². The maximum atomic E-state index is 6.43. The predicted octanol–water partition coefficient (Wildman–Crippen LogP) is 8.49. The molecule has 0 amide bonds. The largest absolute Gasteiger partial charge is 0.347 e. The molecule has 6 rings (SSSR count). The molecule has 6 fully saturated rings. The van der Waals surface area contributed by atoms with Crippen molar-refractivity contribution in [2.24, 2.45) is 62.6 Å². The van der Waals surface area contributed by atoms with Gasteiger partial charge in [-0.25, -0.2) is 0 Å². The lowest BCUT2D eigenvalue weighted by Gasteiger charge is -2.73. The molecule has 0 aromatic carbocycles. The molecule has 5 aliphatic carbocycles. The van der Waals surface area contributed by atoms with Crippen molar-refractivity contribution in [2.45, 2.75) is 125 Å². The van der Waals surface area contributed by atoms with Gasteiger partial charge in [0.25, 0.3) is 0 Å². The van der Waals surface area contributed by atoms with Crippen LogP contribution in [-0.2, 0) is 9.47 Å². The van der Waals surface area contributed by atoms with E-state index in [9.17, 15) is 0 Å². The smallest absolute Gasteiger partial charge is 0.173 e. The van der Waals surface area contributed by atoms with Crippen molar-refractivity contribution in [3.8, 4) is 0 Å². The van der Waals surface area contributed by atoms with E-state index in [0.29, 0.717) is 27.6 Å². The Kier molecular flexibility index (Phi) is 5.19. The average Bonchev–Trinajstić information content (AvgIpc) is 3.38. The van der Waals surface area contributed by atoms with Gasteiger partial charge in [0.05, 0.1) is 13.2 Å². The molecule has 34 heavy (non-hydrogen) atoms. The topological polar surface area (TPSA) is 18.5 Å². The fraction of sp³-hybridized carbons (Fsp3) is 1.00. The minimum atomic E-state index is -0.326. The summed E-state index contributed by atoms with van der Waals surface area (Å²) >= 11 is 0. The molecule has 1 spiro atoms. The van der Waals surface area contributed by atoms with E-state index in [1.54, 1.807) is 0 Å². The highest BCUT2D eigenvalue weighted by molar-refractivity contribution is 5.20. The number of hydrogen-bond acceptors (Lipinski definition) is 2. The van der Waals surface area contributed by atoms with Crippen molar-refractivity contribution in [3.05, 3.63) is 0 Å². The van der Waals surface area contributed by atoms with Crippen molar-refractivity contribution in [1.82, 2.24) is 0 Å². The minimum absolute atomic E-state index is 0.0922. The number of ether oxygens (including phenoxy) is 2. The van der Waals surface area contributed by atoms with Crippen LogP contribution in [0.15, 0.2) is 0 Å². The molecular weight excluding hydrogens is 416 g/mol. The molecule has 194 valence electrons. The molecule has 0 aromatic heterocycles. The maximum absolute atomic E-state index is 6.43. The van der Waals surface area contributed by atoms with Crippen molar-refractivity contribution >= 4 is 0 Å². The molecule has 9 unspecified atom stereocenters. The Hall–Kier alpha value is -0.0800. The molecular formula is C32H54O2. The molecule has 5 saturated carbocycles. The average molecular weight is 471 g/mol. The summed E-state index contributed by atoms with van der Waals surface area (Å²) in [5, 5.41) is 0. The van der Waals surface area contributed by atoms with Gasteiger partial charge in [0, 0.05) is 11.8 Å². The Morgan fingerprint density at radius 1 is 0.647 bits per heavy atom. The second-order valence-corrected chi connectivity index (χ2v) is 16.0. The van der Waals surface area contributed by atoms with Crippen LogP contribution in [0.4, 0.5) is 0 Å². The van der Waals surface area contributed by atoms with E-state index in [2.05, 4.69) is 55.4 Å². The van der Waals surface area contributed by atoms with E-state index in [4.69, 9.17) is 9.47 Å². The number of fused-ring (bicyclic) bond motifs is 7. The van der Waals surface area contributed by atoms with E-state index in [1.807, 2.05) is 0 Å². The molecule has 2 heteroatoms. The standard InChI is InChI=1S/C32H54O2/c1-21(2)22-11-13-28(5)15-17-30(7)23(26(22)28)9-10-25-29(6)16-18-32(33-19-20-34-32)27(3,4)24(29)12-14-31(25,30)8/h21-26H,9-20H2,1-8H3. The van der Waals surface area contributed by atoms with E-state index in [-0.39, 0.29) is 11.2 Å². The van der Waals surface area contributed by atoms with Gasteiger partial charge in [-0.1, -0.05) is 55.4 Å². The monoisotopic (exact) mass is 470 g/mol. The second kappa shape index (κ2) is 7.27. The fourth-order valence-electron chi connectivity index (χ4n) is 12.6. The third kappa shape index (κ3) is 2.72. The Labute approximate surface area is 210 Å². The minimum Gasteiger partial charge on any atom is -0.347 e. The van der Waals surface area contributed by atoms with Crippen LogP contribution in [-0.4, -0.2) is 19.0 Å². The zero-order valence-electron chi connectivity index (χ0n) is 23.8. The number of rotatable bonds is 1. The highest BCUT2D eigenvalue weighted by Gasteiger charge is 2.72. The first-order valence-electron chi connectivity index (χ1n) is 15.1. The third-order valence-electron chi connectivity index (χ3n) is 14.6. The molecule has 0 radical (unpaired) electrons. The lowest BCUT2D eigenvalue weighted by atomic mass is 9.32. The highest BCUT2D eigenvalue weighted by atomic mass is 16.7. The van der Waals surface area contributed by atoms with Gasteiger partial charge in [0.15, 0.2) is 5.79 Å². The Morgan fingerprint density at radius 2 is 1.35 bits per heavy atom. The van der Waals surface area contributed by atoms with Crippen LogP contribution in [0, 0.1) is 62.6 Å². The zero-order chi connectivity index (χ0) is 24.4. The van der Waals surface area contributed by atoms with Gasteiger partial charge in [-0.15, -0.1) is 0 Å². The summed E-state index contributed by atoms with van der Waals surface area (Å²) in [7, 11) is 0. The quantitative estimate of drug-likeness (QED) is 0.382. The second-order valence-electron chi connectivity index (χ2n) is 16.0. The normalized spacial score (nSPS) is 55.5. The maximum Gasteiger partial charge on any atom is 0.173 e. The first kappa shape index (κ1) is 24.3. The van der Waals surface area contributed by atoms with Gasteiger partial charge in [-0.05, 0) is 115 Å². The zero-order valence-corrected chi connectivity index (χ0v) is 23.8. The van der Waals surface area contributed by atoms with Crippen molar-refractivity contribution in [1.29, 1.82) is 0 Å². The van der Waals surface area contributed by atoms with E-state index in [1.165, 1.54) is 57.8 Å². The van der Waals surface area contributed by atoms with E-state index >= 15 is 0 Å². The lowest BCUT2D eigenvalue weighted by Crippen LogP contribution is -2.68. The van der Waals surface area contributed by atoms with Crippen molar-refractivity contribution in [3.63, 3.8) is 0 Å². The molecule has 1 heterocycles. The van der Waals surface area contributed by atoms with Crippen LogP contribution in [0.2, 0.25) is 0 Å².